The number of halogens is 9. The molecule has 0 aliphatic carbocycles. The Morgan fingerprint density at radius 2 is 1.04 bits per heavy atom. The quantitative estimate of drug-likeness (QED) is 0.174. The van der Waals surface area contributed by atoms with Gasteiger partial charge in [-0.2, -0.15) is 0 Å². The summed E-state index contributed by atoms with van der Waals surface area (Å²) < 4.78 is 100.0. The van der Waals surface area contributed by atoms with E-state index in [-0.39, 0.29) is 0 Å². The first-order valence-electron chi connectivity index (χ1n) is 6.03. The van der Waals surface area contributed by atoms with Crippen LogP contribution in [0.15, 0.2) is 0 Å². The summed E-state index contributed by atoms with van der Waals surface area (Å²) >= 11 is -1.43. The molecule has 13 heteroatoms. The molecule has 0 fully saturated rings. The van der Waals surface area contributed by atoms with Crippen LogP contribution in [0.5, 0.6) is 0 Å². The maximum absolute atomic E-state index is 12.0. The zero-order valence-electron chi connectivity index (χ0n) is 12.0. The van der Waals surface area contributed by atoms with E-state index in [0.29, 0.717) is 13.2 Å². The minimum absolute atomic E-state index is 0.587. The Kier molecular flexibility index (Phi) is 11.1. The van der Waals surface area contributed by atoms with E-state index in [1.807, 2.05) is 13.8 Å². The molecule has 23 heavy (non-hydrogen) atoms. The van der Waals surface area contributed by atoms with Gasteiger partial charge in [0.2, 0.25) is 0 Å². The second kappa shape index (κ2) is 10.1. The fraction of sp³-hybridized carbons (Fsp3) is 1.00. The summed E-state index contributed by atoms with van der Waals surface area (Å²) in [5.74, 6) is -13.2. The Morgan fingerprint density at radius 3 is 1.22 bits per heavy atom. The summed E-state index contributed by atoms with van der Waals surface area (Å²) in [4.78, 5) is 9.13. The zero-order valence-corrected chi connectivity index (χ0v) is 14.8. The van der Waals surface area contributed by atoms with Crippen LogP contribution >= 0.6 is 0 Å². The van der Waals surface area contributed by atoms with Crippen molar-refractivity contribution < 1.29 is 54.3 Å². The normalized spacial score (nSPS) is 13.6. The van der Waals surface area contributed by atoms with Crippen LogP contribution in [0.2, 0.25) is 0 Å². The van der Waals surface area contributed by atoms with Crippen molar-refractivity contribution in [3.8, 4) is 0 Å². The molecule has 0 N–H and O–H groups in total. The Balaban J connectivity index is 0. The average molecular weight is 472 g/mol. The van der Waals surface area contributed by atoms with Crippen molar-refractivity contribution in [1.29, 1.82) is 0 Å². The van der Waals surface area contributed by atoms with Crippen molar-refractivity contribution in [3.63, 3.8) is 0 Å². The van der Waals surface area contributed by atoms with Gasteiger partial charge in [-0.15, -0.1) is 0 Å². The van der Waals surface area contributed by atoms with Gasteiger partial charge in [-0.1, -0.05) is 18.9 Å². The Morgan fingerprint density at radius 1 is 0.696 bits per heavy atom. The molecule has 3 nitrogen and oxygen atoms in total. The fourth-order valence-corrected chi connectivity index (χ4v) is 1.09. The second-order valence-electron chi connectivity index (χ2n) is 3.93. The second-order valence-corrected chi connectivity index (χ2v) is 5.73. The third-order valence-electron chi connectivity index (χ3n) is 1.82. The molecule has 0 bridgehead atoms. The summed E-state index contributed by atoms with van der Waals surface area (Å²) in [6, 6.07) is 0. The van der Waals surface area contributed by atoms with Crippen LogP contribution in [-0.2, 0) is 14.8 Å². The van der Waals surface area contributed by atoms with Crippen molar-refractivity contribution in [2.45, 2.75) is 48.6 Å². The van der Waals surface area contributed by atoms with E-state index in [9.17, 15) is 39.5 Å². The van der Waals surface area contributed by atoms with E-state index in [2.05, 4.69) is 14.8 Å². The van der Waals surface area contributed by atoms with Gasteiger partial charge in [-0.25, -0.2) is 9.78 Å². The zero-order chi connectivity index (χ0) is 18.9. The molecule has 0 aliphatic rings. The van der Waals surface area contributed by atoms with Crippen LogP contribution in [0, 0.1) is 0 Å². The summed E-state index contributed by atoms with van der Waals surface area (Å²) in [7, 11) is 0. The Labute approximate surface area is 139 Å². The fourth-order valence-electron chi connectivity index (χ4n) is 0.644. The number of hydrogen-bond donors (Lipinski definition) is 0. The molecule has 0 aromatic heterocycles. The van der Waals surface area contributed by atoms with Crippen LogP contribution in [0.25, 0.3) is 0 Å². The molecule has 0 aliphatic heterocycles. The molecule has 0 spiro atoms. The van der Waals surface area contributed by atoms with Gasteiger partial charge in [0.1, 0.15) is 0 Å². The van der Waals surface area contributed by atoms with Crippen molar-refractivity contribution in [2.24, 2.45) is 0 Å². The first kappa shape index (κ1) is 25.3. The van der Waals surface area contributed by atoms with Crippen LogP contribution in [0.4, 0.5) is 39.5 Å². The predicted molar refractivity (Wildman–Crippen MR) is 60.2 cm³/mol. The standard InChI is InChI=1S/C6H14O3.C4F9.Sn/c1-3-5-7-9-8-6-4-2;5-1(6)2(7,8)3(9,10)4(11,12)13;/h3-6H2,1-2H3;;. The molecule has 0 heterocycles. The van der Waals surface area contributed by atoms with E-state index >= 15 is 0 Å². The van der Waals surface area contributed by atoms with Gasteiger partial charge in [0.05, 0.1) is 13.2 Å². The molecular weight excluding hydrogens is 458 g/mol. The molecule has 0 saturated carbocycles. The van der Waals surface area contributed by atoms with Gasteiger partial charge in [0.25, 0.3) is 0 Å². The van der Waals surface area contributed by atoms with E-state index in [1.165, 1.54) is 0 Å². The Bertz CT molecular complexity index is 288. The molecular formula is C10H14F9O3Sn. The summed E-state index contributed by atoms with van der Waals surface area (Å²) in [5.41, 5.74) is 0. The third-order valence-corrected chi connectivity index (χ3v) is 2.71. The number of alkyl halides is 9. The molecule has 0 aromatic carbocycles. The van der Waals surface area contributed by atoms with Crippen LogP contribution in [-0.4, -0.2) is 57.7 Å². The van der Waals surface area contributed by atoms with Gasteiger partial charge in [-0.05, 0) is 12.8 Å². The monoisotopic (exact) mass is 473 g/mol. The van der Waals surface area contributed by atoms with E-state index < -0.39 is 44.5 Å². The van der Waals surface area contributed by atoms with Crippen LogP contribution in [0.1, 0.15) is 26.7 Å². The van der Waals surface area contributed by atoms with Gasteiger partial charge < -0.3 is 0 Å². The van der Waals surface area contributed by atoms with E-state index in [1.54, 1.807) is 0 Å². The molecule has 0 amide bonds. The van der Waals surface area contributed by atoms with Crippen molar-refractivity contribution in [2.75, 3.05) is 13.2 Å². The number of hydrogen-bond acceptors (Lipinski definition) is 3. The van der Waals surface area contributed by atoms with Crippen molar-refractivity contribution >= 4 is 22.5 Å². The first-order chi connectivity index (χ1) is 10.2. The maximum atomic E-state index is 12.0. The Hall–Kier alpha value is 0.0487. The van der Waals surface area contributed by atoms with E-state index in [0.717, 1.165) is 12.8 Å². The molecule has 3 radical (unpaired) electrons. The molecule has 139 valence electrons. The average Bonchev–Trinajstić information content (AvgIpc) is 2.36. The molecule has 0 rings (SSSR count). The molecule has 0 unspecified atom stereocenters. The number of rotatable bonds is 8. The summed E-state index contributed by atoms with van der Waals surface area (Å²) in [6.07, 6.45) is -4.83. The van der Waals surface area contributed by atoms with Crippen LogP contribution < -0.4 is 0 Å². The van der Waals surface area contributed by atoms with Gasteiger partial charge >= 0.3 is 84.0 Å². The SMILES string of the molecule is CCCOOOCCC.FC(F)(F)C(F)(F)C(F)(F)[C](F)(F)[Sn]. The summed E-state index contributed by atoms with van der Waals surface area (Å²) in [5, 5.41) is 4.31. The van der Waals surface area contributed by atoms with Crippen molar-refractivity contribution in [1.82, 2.24) is 0 Å². The van der Waals surface area contributed by atoms with Gasteiger partial charge in [0, 0.05) is 0 Å². The van der Waals surface area contributed by atoms with Gasteiger partial charge in [0.15, 0.2) is 0 Å². The van der Waals surface area contributed by atoms with Crippen LogP contribution in [0.3, 0.4) is 0 Å². The minimum atomic E-state index is -6.74. The predicted octanol–water partition coefficient (Wildman–Crippen LogP) is 4.27. The summed E-state index contributed by atoms with van der Waals surface area (Å²) in [6.45, 7) is 5.18. The first-order valence-corrected chi connectivity index (χ1v) is 7.45. The molecule has 0 aromatic rings. The van der Waals surface area contributed by atoms with Crippen molar-refractivity contribution in [3.05, 3.63) is 0 Å². The molecule has 0 saturated heterocycles. The van der Waals surface area contributed by atoms with Gasteiger partial charge in [-0.3, -0.25) is 0 Å². The molecule has 0 atom stereocenters. The topological polar surface area (TPSA) is 27.7 Å². The van der Waals surface area contributed by atoms with E-state index in [4.69, 9.17) is 0 Å². The third kappa shape index (κ3) is 8.11.